The number of aliphatic hydroxyl groups is 1. The van der Waals surface area contributed by atoms with E-state index in [0.29, 0.717) is 0 Å². The van der Waals surface area contributed by atoms with Gasteiger partial charge in [-0.3, -0.25) is 9.78 Å². The lowest BCUT2D eigenvalue weighted by Crippen LogP contribution is -2.47. The predicted molar refractivity (Wildman–Crippen MR) is 59.2 cm³/mol. The number of aromatic nitrogens is 1. The smallest absolute Gasteiger partial charge is 0.257 e. The SMILES string of the molecule is CN(C(=O)c1ccncc1O)C(C)(C)CO. The summed E-state index contributed by atoms with van der Waals surface area (Å²) in [5, 5.41) is 18.7. The van der Waals surface area contributed by atoms with E-state index in [-0.39, 0.29) is 23.8 Å². The highest BCUT2D eigenvalue weighted by molar-refractivity contribution is 5.96. The van der Waals surface area contributed by atoms with Crippen molar-refractivity contribution in [3.63, 3.8) is 0 Å². The van der Waals surface area contributed by atoms with Crippen molar-refractivity contribution >= 4 is 5.91 Å². The van der Waals surface area contributed by atoms with E-state index in [2.05, 4.69) is 4.98 Å². The Labute approximate surface area is 94.4 Å². The van der Waals surface area contributed by atoms with Crippen molar-refractivity contribution in [3.8, 4) is 5.75 Å². The molecule has 0 atom stereocenters. The quantitative estimate of drug-likeness (QED) is 0.789. The summed E-state index contributed by atoms with van der Waals surface area (Å²) < 4.78 is 0. The molecule has 88 valence electrons. The molecule has 0 aromatic carbocycles. The second kappa shape index (κ2) is 4.49. The van der Waals surface area contributed by atoms with Gasteiger partial charge in [0, 0.05) is 13.2 Å². The second-order valence-corrected chi connectivity index (χ2v) is 4.23. The Morgan fingerprint density at radius 1 is 1.56 bits per heavy atom. The van der Waals surface area contributed by atoms with Crippen molar-refractivity contribution in [1.82, 2.24) is 9.88 Å². The fraction of sp³-hybridized carbons (Fsp3) is 0.455. The minimum Gasteiger partial charge on any atom is -0.505 e. The third-order valence-electron chi connectivity index (χ3n) is 2.63. The van der Waals surface area contributed by atoms with E-state index in [4.69, 9.17) is 5.11 Å². The lowest BCUT2D eigenvalue weighted by Gasteiger charge is -2.34. The Hall–Kier alpha value is -1.62. The molecule has 2 N–H and O–H groups in total. The summed E-state index contributed by atoms with van der Waals surface area (Å²) in [4.78, 5) is 17.1. The van der Waals surface area contributed by atoms with Gasteiger partial charge >= 0.3 is 0 Å². The van der Waals surface area contributed by atoms with Crippen molar-refractivity contribution in [2.24, 2.45) is 0 Å². The van der Waals surface area contributed by atoms with Crippen LogP contribution in [0.5, 0.6) is 5.75 Å². The molecule has 1 rings (SSSR count). The topological polar surface area (TPSA) is 73.7 Å². The van der Waals surface area contributed by atoms with Crippen LogP contribution in [-0.2, 0) is 0 Å². The first-order valence-electron chi connectivity index (χ1n) is 4.92. The van der Waals surface area contributed by atoms with Crippen LogP contribution in [0.1, 0.15) is 24.2 Å². The summed E-state index contributed by atoms with van der Waals surface area (Å²) in [6.45, 7) is 3.33. The lowest BCUT2D eigenvalue weighted by atomic mass is 10.0. The third-order valence-corrected chi connectivity index (χ3v) is 2.63. The predicted octanol–water partition coefficient (Wildman–Crippen LogP) is 0.630. The first-order chi connectivity index (χ1) is 7.40. The summed E-state index contributed by atoms with van der Waals surface area (Å²) in [6.07, 6.45) is 2.65. The van der Waals surface area contributed by atoms with Gasteiger partial charge in [0.2, 0.25) is 0 Å². The maximum absolute atomic E-state index is 12.0. The summed E-state index contributed by atoms with van der Waals surface area (Å²) in [5.74, 6) is -0.507. The van der Waals surface area contributed by atoms with Crippen LogP contribution in [0.25, 0.3) is 0 Å². The molecule has 1 aromatic rings. The molecule has 1 heterocycles. The molecule has 5 nitrogen and oxygen atoms in total. The average Bonchev–Trinajstić information content (AvgIpc) is 2.27. The maximum Gasteiger partial charge on any atom is 0.257 e. The zero-order valence-electron chi connectivity index (χ0n) is 9.64. The highest BCUT2D eigenvalue weighted by Gasteiger charge is 2.28. The fourth-order valence-corrected chi connectivity index (χ4v) is 1.13. The van der Waals surface area contributed by atoms with Crippen LogP contribution in [0.15, 0.2) is 18.5 Å². The highest BCUT2D eigenvalue weighted by Crippen LogP contribution is 2.20. The molecule has 16 heavy (non-hydrogen) atoms. The Morgan fingerprint density at radius 2 is 2.19 bits per heavy atom. The molecule has 1 aromatic heterocycles. The van der Waals surface area contributed by atoms with E-state index in [0.717, 1.165) is 0 Å². The number of carbonyl (C=O) groups excluding carboxylic acids is 1. The second-order valence-electron chi connectivity index (χ2n) is 4.23. The van der Waals surface area contributed by atoms with Gasteiger partial charge in [0.05, 0.1) is 23.9 Å². The van der Waals surface area contributed by atoms with Gasteiger partial charge < -0.3 is 15.1 Å². The first-order valence-corrected chi connectivity index (χ1v) is 4.92. The molecule has 0 saturated carbocycles. The van der Waals surface area contributed by atoms with E-state index in [1.54, 1.807) is 20.9 Å². The Morgan fingerprint density at radius 3 is 2.69 bits per heavy atom. The molecule has 0 saturated heterocycles. The standard InChI is InChI=1S/C11H16N2O3/c1-11(2,7-14)13(3)10(16)8-4-5-12-6-9(8)15/h4-6,14-15H,7H2,1-3H3. The molecule has 0 spiro atoms. The first kappa shape index (κ1) is 12.4. The average molecular weight is 224 g/mol. The number of carbonyl (C=O) groups is 1. The van der Waals surface area contributed by atoms with Gasteiger partial charge in [0.25, 0.3) is 5.91 Å². The molecule has 0 aliphatic heterocycles. The number of hydrogen-bond donors (Lipinski definition) is 2. The summed E-state index contributed by atoms with van der Waals surface area (Å²) >= 11 is 0. The zero-order valence-corrected chi connectivity index (χ0v) is 9.64. The van der Waals surface area contributed by atoms with E-state index in [1.165, 1.54) is 23.4 Å². The molecule has 0 aliphatic rings. The summed E-state index contributed by atoms with van der Waals surface area (Å²) in [6, 6.07) is 1.45. The Kier molecular flexibility index (Phi) is 3.49. The largest absolute Gasteiger partial charge is 0.505 e. The van der Waals surface area contributed by atoms with Crippen molar-refractivity contribution in [2.75, 3.05) is 13.7 Å². The number of hydrogen-bond acceptors (Lipinski definition) is 4. The maximum atomic E-state index is 12.0. The van der Waals surface area contributed by atoms with E-state index < -0.39 is 5.54 Å². The van der Waals surface area contributed by atoms with Gasteiger partial charge in [-0.05, 0) is 19.9 Å². The molecule has 1 amide bonds. The van der Waals surface area contributed by atoms with Gasteiger partial charge in [-0.2, -0.15) is 0 Å². The van der Waals surface area contributed by atoms with Gasteiger partial charge in [0.1, 0.15) is 5.75 Å². The molecule has 0 unspecified atom stereocenters. The Balaban J connectivity index is 3.00. The van der Waals surface area contributed by atoms with Gasteiger partial charge in [-0.1, -0.05) is 0 Å². The minimum atomic E-state index is -0.674. The van der Waals surface area contributed by atoms with Crippen LogP contribution in [0.2, 0.25) is 0 Å². The highest BCUT2D eigenvalue weighted by atomic mass is 16.3. The monoisotopic (exact) mass is 224 g/mol. The van der Waals surface area contributed by atoms with Crippen molar-refractivity contribution in [3.05, 3.63) is 24.0 Å². The van der Waals surface area contributed by atoms with E-state index >= 15 is 0 Å². The summed E-state index contributed by atoms with van der Waals surface area (Å²) in [5.41, 5.74) is -0.494. The normalized spacial score (nSPS) is 11.2. The van der Waals surface area contributed by atoms with Crippen LogP contribution in [-0.4, -0.2) is 45.2 Å². The van der Waals surface area contributed by atoms with Gasteiger partial charge in [0.15, 0.2) is 0 Å². The zero-order chi connectivity index (χ0) is 12.3. The fourth-order valence-electron chi connectivity index (χ4n) is 1.13. The lowest BCUT2D eigenvalue weighted by molar-refractivity contribution is 0.0470. The number of aromatic hydroxyl groups is 1. The molecular formula is C11H16N2O3. The number of likely N-dealkylation sites (N-methyl/N-ethyl adjacent to an activating group) is 1. The number of rotatable bonds is 3. The minimum absolute atomic E-state index is 0.152. The van der Waals surface area contributed by atoms with Crippen molar-refractivity contribution in [2.45, 2.75) is 19.4 Å². The number of pyridine rings is 1. The van der Waals surface area contributed by atoms with Crippen LogP contribution in [0.4, 0.5) is 0 Å². The summed E-state index contributed by atoms with van der Waals surface area (Å²) in [7, 11) is 1.58. The molecule has 0 fully saturated rings. The van der Waals surface area contributed by atoms with Gasteiger partial charge in [-0.15, -0.1) is 0 Å². The third kappa shape index (κ3) is 2.30. The van der Waals surface area contributed by atoms with Crippen LogP contribution < -0.4 is 0 Å². The van der Waals surface area contributed by atoms with E-state index in [1.807, 2.05) is 0 Å². The van der Waals surface area contributed by atoms with Crippen molar-refractivity contribution in [1.29, 1.82) is 0 Å². The number of amides is 1. The molecule has 0 bridgehead atoms. The molecule has 5 heteroatoms. The number of nitrogens with zero attached hydrogens (tertiary/aromatic N) is 2. The van der Waals surface area contributed by atoms with Crippen LogP contribution in [0, 0.1) is 0 Å². The van der Waals surface area contributed by atoms with Crippen molar-refractivity contribution < 1.29 is 15.0 Å². The molecule has 0 aliphatic carbocycles. The van der Waals surface area contributed by atoms with Crippen LogP contribution in [0.3, 0.4) is 0 Å². The number of aliphatic hydroxyl groups excluding tert-OH is 1. The Bertz CT molecular complexity index is 391. The molecule has 0 radical (unpaired) electrons. The van der Waals surface area contributed by atoms with Gasteiger partial charge in [-0.25, -0.2) is 0 Å². The molecular weight excluding hydrogens is 208 g/mol. The van der Waals surface area contributed by atoms with E-state index in [9.17, 15) is 9.90 Å². The van der Waals surface area contributed by atoms with Crippen LogP contribution >= 0.6 is 0 Å².